The zero-order chi connectivity index (χ0) is 17.2. The van der Waals surface area contributed by atoms with Gasteiger partial charge in [-0.05, 0) is 24.5 Å². The number of rotatable bonds is 3. The molecule has 1 aliphatic heterocycles. The number of carbonyl (C=O) groups excluding carboxylic acids is 1. The second kappa shape index (κ2) is 6.69. The van der Waals surface area contributed by atoms with Gasteiger partial charge in [-0.3, -0.25) is 4.79 Å². The molecule has 0 spiro atoms. The van der Waals surface area contributed by atoms with E-state index in [2.05, 4.69) is 33.1 Å². The molecule has 0 bridgehead atoms. The standard InChI is InChI=1S/C20H21N3O2/c1-23-17(14-5-3-2-4-6-14)11-16-13-21-19(12-18(16)23)22-20(24)15-7-9-25-10-8-15/h2-6,11-13,15H,7-10H2,1H3,(H,21,22,24). The maximum Gasteiger partial charge on any atom is 0.228 e. The number of fused-ring (bicyclic) bond motifs is 1. The molecule has 25 heavy (non-hydrogen) atoms. The zero-order valence-electron chi connectivity index (χ0n) is 14.2. The molecule has 1 aliphatic rings. The van der Waals surface area contributed by atoms with Gasteiger partial charge in [0.1, 0.15) is 5.82 Å². The Morgan fingerprint density at radius 2 is 1.96 bits per heavy atom. The monoisotopic (exact) mass is 335 g/mol. The van der Waals surface area contributed by atoms with Crippen LogP contribution >= 0.6 is 0 Å². The molecular weight excluding hydrogens is 314 g/mol. The highest BCUT2D eigenvalue weighted by Gasteiger charge is 2.22. The summed E-state index contributed by atoms with van der Waals surface area (Å²) in [6, 6.07) is 14.3. The number of amides is 1. The van der Waals surface area contributed by atoms with Gasteiger partial charge in [-0.1, -0.05) is 30.3 Å². The topological polar surface area (TPSA) is 56.2 Å². The van der Waals surface area contributed by atoms with Crippen LogP contribution in [0.15, 0.2) is 48.7 Å². The van der Waals surface area contributed by atoms with E-state index in [9.17, 15) is 4.79 Å². The lowest BCUT2D eigenvalue weighted by molar-refractivity contribution is -0.122. The first-order chi connectivity index (χ1) is 12.2. The van der Waals surface area contributed by atoms with E-state index in [4.69, 9.17) is 4.74 Å². The van der Waals surface area contributed by atoms with Crippen molar-refractivity contribution in [1.29, 1.82) is 0 Å². The summed E-state index contributed by atoms with van der Waals surface area (Å²) in [6.45, 7) is 1.31. The summed E-state index contributed by atoms with van der Waals surface area (Å²) in [5.41, 5.74) is 3.34. The van der Waals surface area contributed by atoms with Crippen LogP contribution in [0.3, 0.4) is 0 Å². The molecule has 0 aliphatic carbocycles. The van der Waals surface area contributed by atoms with Gasteiger partial charge in [0.25, 0.3) is 0 Å². The van der Waals surface area contributed by atoms with Crippen molar-refractivity contribution in [1.82, 2.24) is 9.55 Å². The molecule has 4 rings (SSSR count). The van der Waals surface area contributed by atoms with Gasteiger partial charge in [0.15, 0.2) is 0 Å². The molecule has 1 saturated heterocycles. The summed E-state index contributed by atoms with van der Waals surface area (Å²) >= 11 is 0. The lowest BCUT2D eigenvalue weighted by Crippen LogP contribution is -2.28. The fourth-order valence-corrected chi connectivity index (χ4v) is 3.37. The van der Waals surface area contributed by atoms with Crippen molar-refractivity contribution < 1.29 is 9.53 Å². The van der Waals surface area contributed by atoms with Crippen LogP contribution < -0.4 is 5.32 Å². The average molecular weight is 335 g/mol. The normalized spacial score (nSPS) is 15.4. The highest BCUT2D eigenvalue weighted by atomic mass is 16.5. The summed E-state index contributed by atoms with van der Waals surface area (Å²) in [6.07, 6.45) is 3.37. The first kappa shape index (κ1) is 15.8. The quantitative estimate of drug-likeness (QED) is 0.795. The minimum Gasteiger partial charge on any atom is -0.381 e. The van der Waals surface area contributed by atoms with E-state index in [1.807, 2.05) is 37.5 Å². The van der Waals surface area contributed by atoms with E-state index in [-0.39, 0.29) is 11.8 Å². The highest BCUT2D eigenvalue weighted by molar-refractivity contribution is 5.94. The van der Waals surface area contributed by atoms with Gasteiger partial charge >= 0.3 is 0 Å². The van der Waals surface area contributed by atoms with Crippen LogP contribution in [0, 0.1) is 5.92 Å². The Bertz CT molecular complexity index is 896. The van der Waals surface area contributed by atoms with E-state index < -0.39 is 0 Å². The van der Waals surface area contributed by atoms with E-state index in [1.165, 1.54) is 0 Å². The second-order valence-electron chi connectivity index (χ2n) is 6.46. The lowest BCUT2D eigenvalue weighted by atomic mass is 9.99. The predicted octanol–water partition coefficient (Wildman–Crippen LogP) is 3.61. The van der Waals surface area contributed by atoms with E-state index in [1.54, 1.807) is 0 Å². The number of aryl methyl sites for hydroxylation is 1. The van der Waals surface area contributed by atoms with E-state index in [0.717, 1.165) is 35.0 Å². The molecule has 1 fully saturated rings. The molecule has 5 nitrogen and oxygen atoms in total. The molecule has 1 amide bonds. The molecule has 0 unspecified atom stereocenters. The highest BCUT2D eigenvalue weighted by Crippen LogP contribution is 2.28. The Kier molecular flexibility index (Phi) is 4.24. The number of benzene rings is 1. The maximum atomic E-state index is 12.4. The van der Waals surface area contributed by atoms with Crippen LogP contribution in [-0.4, -0.2) is 28.7 Å². The van der Waals surface area contributed by atoms with Gasteiger partial charge in [0.05, 0.1) is 5.52 Å². The third kappa shape index (κ3) is 3.15. The van der Waals surface area contributed by atoms with Gasteiger partial charge < -0.3 is 14.6 Å². The largest absolute Gasteiger partial charge is 0.381 e. The van der Waals surface area contributed by atoms with Crippen molar-refractivity contribution >= 4 is 22.6 Å². The van der Waals surface area contributed by atoms with Gasteiger partial charge in [0, 0.05) is 49.5 Å². The molecule has 0 saturated carbocycles. The smallest absolute Gasteiger partial charge is 0.228 e. The Morgan fingerprint density at radius 3 is 2.72 bits per heavy atom. The van der Waals surface area contributed by atoms with Crippen molar-refractivity contribution in [2.24, 2.45) is 13.0 Å². The number of ether oxygens (including phenoxy) is 1. The van der Waals surface area contributed by atoms with Gasteiger partial charge in [-0.15, -0.1) is 0 Å². The number of nitrogens with zero attached hydrogens (tertiary/aromatic N) is 2. The van der Waals surface area contributed by atoms with E-state index in [0.29, 0.717) is 19.0 Å². The Morgan fingerprint density at radius 1 is 1.20 bits per heavy atom. The van der Waals surface area contributed by atoms with Crippen LogP contribution in [0.1, 0.15) is 12.8 Å². The van der Waals surface area contributed by atoms with Crippen molar-refractivity contribution in [2.75, 3.05) is 18.5 Å². The number of pyridine rings is 1. The first-order valence-corrected chi connectivity index (χ1v) is 8.62. The molecule has 128 valence electrons. The fourth-order valence-electron chi connectivity index (χ4n) is 3.37. The molecule has 1 aromatic carbocycles. The molecule has 5 heteroatoms. The summed E-state index contributed by atoms with van der Waals surface area (Å²) in [5, 5.41) is 4.02. The fraction of sp³-hybridized carbons (Fsp3) is 0.300. The molecule has 3 heterocycles. The number of hydrogen-bond acceptors (Lipinski definition) is 3. The summed E-state index contributed by atoms with van der Waals surface area (Å²) in [4.78, 5) is 16.8. The third-order valence-electron chi connectivity index (χ3n) is 4.84. The number of nitrogens with one attached hydrogen (secondary N) is 1. The van der Waals surface area contributed by atoms with E-state index >= 15 is 0 Å². The van der Waals surface area contributed by atoms with Crippen molar-refractivity contribution in [2.45, 2.75) is 12.8 Å². The molecule has 3 aromatic rings. The number of aromatic nitrogens is 2. The van der Waals surface area contributed by atoms with Crippen LogP contribution in [-0.2, 0) is 16.6 Å². The Labute approximate surface area is 146 Å². The number of carbonyl (C=O) groups is 1. The Balaban J connectivity index is 1.62. The van der Waals surface area contributed by atoms with Crippen molar-refractivity contribution in [3.8, 4) is 11.3 Å². The summed E-state index contributed by atoms with van der Waals surface area (Å²) in [5.74, 6) is 0.650. The molecule has 1 N–H and O–H groups in total. The Hall–Kier alpha value is -2.66. The molecule has 2 aromatic heterocycles. The SMILES string of the molecule is Cn1c(-c2ccccc2)cc2cnc(NC(=O)C3CCOCC3)cc21. The van der Waals surface area contributed by atoms with Gasteiger partial charge in [-0.25, -0.2) is 4.98 Å². The van der Waals surface area contributed by atoms with Crippen LogP contribution in [0.2, 0.25) is 0 Å². The summed E-state index contributed by atoms with van der Waals surface area (Å²) < 4.78 is 7.45. The van der Waals surface area contributed by atoms with Gasteiger partial charge in [0.2, 0.25) is 5.91 Å². The van der Waals surface area contributed by atoms with Crippen LogP contribution in [0.25, 0.3) is 22.2 Å². The molecule has 0 atom stereocenters. The minimum absolute atomic E-state index is 0.0135. The molecular formula is C20H21N3O2. The van der Waals surface area contributed by atoms with Gasteiger partial charge in [-0.2, -0.15) is 0 Å². The molecule has 0 radical (unpaired) electrons. The average Bonchev–Trinajstić information content (AvgIpc) is 2.99. The van der Waals surface area contributed by atoms with Crippen LogP contribution in [0.4, 0.5) is 5.82 Å². The third-order valence-corrected chi connectivity index (χ3v) is 4.84. The van der Waals surface area contributed by atoms with Crippen LogP contribution in [0.5, 0.6) is 0 Å². The predicted molar refractivity (Wildman–Crippen MR) is 98.3 cm³/mol. The van der Waals surface area contributed by atoms with Crippen molar-refractivity contribution in [3.05, 3.63) is 48.7 Å². The lowest BCUT2D eigenvalue weighted by Gasteiger charge is -2.20. The van der Waals surface area contributed by atoms with Crippen molar-refractivity contribution in [3.63, 3.8) is 0 Å². The minimum atomic E-state index is 0.0135. The zero-order valence-corrected chi connectivity index (χ0v) is 14.2. The second-order valence-corrected chi connectivity index (χ2v) is 6.46. The number of hydrogen-bond donors (Lipinski definition) is 1. The number of anilines is 1. The summed E-state index contributed by atoms with van der Waals surface area (Å²) in [7, 11) is 2.04. The maximum absolute atomic E-state index is 12.4. The first-order valence-electron chi connectivity index (χ1n) is 8.62.